The third kappa shape index (κ3) is 21.8. The highest BCUT2D eigenvalue weighted by atomic mass is 31.2. The molecule has 4 atom stereocenters. The maximum absolute atomic E-state index is 13.0. The molecule has 240 valence electrons. The maximum Gasteiger partial charge on any atom is 0.220 e. The molecule has 14 heteroatoms. The van der Waals surface area contributed by atoms with E-state index in [0.717, 1.165) is 81.5 Å². The molecular weight excluding hydrogens is 597 g/mol. The zero-order valence-electron chi connectivity index (χ0n) is 26.8. The molecule has 0 radical (unpaired) electrons. The Morgan fingerprint density at radius 2 is 1.15 bits per heavy atom. The van der Waals surface area contributed by atoms with Gasteiger partial charge in [0.15, 0.2) is 0 Å². The SMILES string of the molecule is CCCP(CNCP(CCC(=O)NCP(CNC)CNC)CNCP(CC)CNC)CNCP(=O)(CC)CCC. The second-order valence-electron chi connectivity index (χ2n) is 10.3. The summed E-state index contributed by atoms with van der Waals surface area (Å²) in [6.45, 7) is 8.73. The summed E-state index contributed by atoms with van der Waals surface area (Å²) >= 11 is 0. The van der Waals surface area contributed by atoms with Gasteiger partial charge in [-0.15, -0.1) is 0 Å². The van der Waals surface area contributed by atoms with Gasteiger partial charge in [-0.25, -0.2) is 0 Å². The number of hydrogen-bond acceptors (Lipinski definition) is 8. The number of nitrogens with one attached hydrogen (secondary N) is 7. The maximum atomic E-state index is 13.0. The Hall–Kier alpha value is 1.18. The molecule has 9 nitrogen and oxygen atoms in total. The molecule has 0 aromatic rings. The van der Waals surface area contributed by atoms with Gasteiger partial charge in [-0.1, -0.05) is 65.8 Å². The molecule has 0 aliphatic carbocycles. The number of rotatable bonds is 29. The Balaban J connectivity index is 4.87. The van der Waals surface area contributed by atoms with Gasteiger partial charge >= 0.3 is 0 Å². The van der Waals surface area contributed by atoms with Crippen LogP contribution >= 0.6 is 38.8 Å². The fraction of sp³-hybridized carbons (Fsp3) is 0.962. The predicted molar refractivity (Wildman–Crippen MR) is 190 cm³/mol. The molecule has 0 aliphatic rings. The van der Waals surface area contributed by atoms with E-state index in [0.29, 0.717) is 12.7 Å². The van der Waals surface area contributed by atoms with E-state index in [2.05, 4.69) is 64.9 Å². The molecule has 0 bridgehead atoms. The average molecular weight is 662 g/mol. The summed E-state index contributed by atoms with van der Waals surface area (Å²) in [5.74, 6) is 0.183. The first-order valence-corrected chi connectivity index (χ1v) is 24.9. The summed E-state index contributed by atoms with van der Waals surface area (Å²) in [5, 5.41) is 24.2. The molecule has 0 fully saturated rings. The highest BCUT2D eigenvalue weighted by Crippen LogP contribution is 2.45. The minimum atomic E-state index is -2.06. The summed E-state index contributed by atoms with van der Waals surface area (Å²) in [5.41, 5.74) is 0. The molecule has 0 aliphatic heterocycles. The zero-order valence-corrected chi connectivity index (χ0v) is 31.3. The van der Waals surface area contributed by atoms with Crippen molar-refractivity contribution >= 4 is 44.7 Å². The fourth-order valence-corrected chi connectivity index (χ4v) is 13.7. The van der Waals surface area contributed by atoms with Crippen molar-refractivity contribution in [3.63, 3.8) is 0 Å². The van der Waals surface area contributed by atoms with Crippen LogP contribution in [-0.4, -0.2) is 121 Å². The number of carbonyl (C=O) groups excluding carboxylic acids is 1. The topological polar surface area (TPSA) is 118 Å². The van der Waals surface area contributed by atoms with Gasteiger partial charge in [0.05, 0.1) is 0 Å². The van der Waals surface area contributed by atoms with Crippen LogP contribution in [0.15, 0.2) is 0 Å². The van der Waals surface area contributed by atoms with Gasteiger partial charge in [-0.2, -0.15) is 0 Å². The molecule has 7 N–H and O–H groups in total. The molecule has 0 heterocycles. The lowest BCUT2D eigenvalue weighted by Gasteiger charge is -2.24. The van der Waals surface area contributed by atoms with Crippen LogP contribution in [-0.2, 0) is 9.36 Å². The summed E-state index contributed by atoms with van der Waals surface area (Å²) in [7, 11) is 3.11. The minimum Gasteiger partial charge on any atom is -0.352 e. The van der Waals surface area contributed by atoms with Crippen molar-refractivity contribution in [1.29, 1.82) is 0 Å². The predicted octanol–water partition coefficient (Wildman–Crippen LogP) is 4.65. The van der Waals surface area contributed by atoms with Gasteiger partial charge in [0.2, 0.25) is 5.91 Å². The molecule has 0 saturated carbocycles. The summed E-state index contributed by atoms with van der Waals surface area (Å²) in [6, 6.07) is 0. The Bertz CT molecular complexity index is 649. The Kier molecular flexibility index (Phi) is 28.5. The summed E-state index contributed by atoms with van der Waals surface area (Å²) in [6.07, 6.45) is 17.4. The highest BCUT2D eigenvalue weighted by molar-refractivity contribution is 7.64. The van der Waals surface area contributed by atoms with Crippen molar-refractivity contribution in [2.45, 2.75) is 47.0 Å². The van der Waals surface area contributed by atoms with E-state index in [1.54, 1.807) is 0 Å². The first kappa shape index (κ1) is 41.2. The van der Waals surface area contributed by atoms with Crippen molar-refractivity contribution < 1.29 is 9.36 Å². The Labute approximate surface area is 252 Å². The van der Waals surface area contributed by atoms with E-state index in [4.69, 9.17) is 0 Å². The number of amides is 1. The third-order valence-corrected chi connectivity index (χ3v) is 18.9. The molecule has 40 heavy (non-hydrogen) atoms. The summed E-state index contributed by atoms with van der Waals surface area (Å²) < 4.78 is 13.0. The quantitative estimate of drug-likeness (QED) is 0.0580. The zero-order chi connectivity index (χ0) is 30.1. The second-order valence-corrected chi connectivity index (χ2v) is 23.5. The molecule has 0 rings (SSSR count). The van der Waals surface area contributed by atoms with Gasteiger partial charge in [-0.05, 0) is 52.2 Å². The van der Waals surface area contributed by atoms with Crippen molar-refractivity contribution in [3.05, 3.63) is 0 Å². The van der Waals surface area contributed by atoms with E-state index >= 15 is 0 Å². The standard InChI is InChI=1S/C26H64N7O2P5/c1-8-13-37(23-32-25-40(35,11-4)15-9-2)20-31-22-38(21-30-19-36(10-3)16-27-5)14-12-26(34)33-24-39(17-28-6)18-29-7/h27-32H,8-25H2,1-7H3,(H,33,34). The van der Waals surface area contributed by atoms with Crippen LogP contribution in [0.2, 0.25) is 0 Å². The highest BCUT2D eigenvalue weighted by Gasteiger charge is 2.19. The van der Waals surface area contributed by atoms with E-state index in [1.165, 1.54) is 18.7 Å². The lowest BCUT2D eigenvalue weighted by Crippen LogP contribution is -2.29. The number of carbonyl (C=O) groups is 1. The van der Waals surface area contributed by atoms with Gasteiger partial charge in [0, 0.05) is 75.4 Å². The van der Waals surface area contributed by atoms with Crippen LogP contribution in [0, 0.1) is 0 Å². The van der Waals surface area contributed by atoms with Gasteiger partial charge in [0.25, 0.3) is 0 Å². The third-order valence-electron chi connectivity index (χ3n) is 6.57. The van der Waals surface area contributed by atoms with Crippen molar-refractivity contribution in [3.8, 4) is 0 Å². The van der Waals surface area contributed by atoms with Crippen LogP contribution in [0.5, 0.6) is 0 Å². The van der Waals surface area contributed by atoms with E-state index < -0.39 is 7.14 Å². The molecule has 0 aromatic heterocycles. The number of hydrogen-bond donors (Lipinski definition) is 7. The van der Waals surface area contributed by atoms with Crippen LogP contribution < -0.4 is 37.2 Å². The van der Waals surface area contributed by atoms with Crippen molar-refractivity contribution in [2.75, 3.05) is 115 Å². The van der Waals surface area contributed by atoms with Gasteiger partial charge in [0.1, 0.15) is 7.14 Å². The molecule has 0 saturated heterocycles. The van der Waals surface area contributed by atoms with Crippen LogP contribution in [0.25, 0.3) is 0 Å². The summed E-state index contributed by atoms with van der Waals surface area (Å²) in [4.78, 5) is 12.7. The lowest BCUT2D eigenvalue weighted by molar-refractivity contribution is -0.120. The largest absolute Gasteiger partial charge is 0.352 e. The smallest absolute Gasteiger partial charge is 0.220 e. The lowest BCUT2D eigenvalue weighted by atomic mass is 10.5. The van der Waals surface area contributed by atoms with Crippen molar-refractivity contribution in [2.24, 2.45) is 0 Å². The molecule has 0 spiro atoms. The van der Waals surface area contributed by atoms with Crippen LogP contribution in [0.3, 0.4) is 0 Å². The molecule has 4 unspecified atom stereocenters. The first-order valence-electron chi connectivity index (χ1n) is 15.1. The minimum absolute atomic E-state index is 0.0301. The van der Waals surface area contributed by atoms with Gasteiger partial charge < -0.3 is 41.8 Å². The molecular formula is C26H64N7O2P5. The van der Waals surface area contributed by atoms with Crippen LogP contribution in [0.1, 0.15) is 47.0 Å². The fourth-order valence-electron chi connectivity index (χ4n) is 4.31. The average Bonchev–Trinajstić information content (AvgIpc) is 2.94. The molecule has 1 amide bonds. The Morgan fingerprint density at radius 3 is 1.65 bits per heavy atom. The van der Waals surface area contributed by atoms with Crippen LogP contribution in [0.4, 0.5) is 0 Å². The van der Waals surface area contributed by atoms with E-state index in [9.17, 15) is 9.36 Å². The Morgan fingerprint density at radius 1 is 0.625 bits per heavy atom. The normalized spacial score (nSPS) is 15.6. The molecule has 0 aromatic carbocycles. The van der Waals surface area contributed by atoms with E-state index in [-0.39, 0.29) is 37.6 Å². The second kappa shape index (κ2) is 27.7. The van der Waals surface area contributed by atoms with Crippen molar-refractivity contribution in [1.82, 2.24) is 37.2 Å². The monoisotopic (exact) mass is 661 g/mol. The van der Waals surface area contributed by atoms with E-state index in [1.807, 2.05) is 21.1 Å². The first-order chi connectivity index (χ1) is 19.3. The van der Waals surface area contributed by atoms with Gasteiger partial charge in [-0.3, -0.25) is 4.79 Å².